The number of aryl methyl sites for hydroxylation is 2. The van der Waals surface area contributed by atoms with E-state index in [1.54, 1.807) is 49.9 Å². The number of nitrogens with one attached hydrogen (secondary N) is 3. The maximum Gasteiger partial charge on any atom is 0.307 e. The van der Waals surface area contributed by atoms with Crippen molar-refractivity contribution in [3.05, 3.63) is 86.3 Å². The zero-order valence-corrected chi connectivity index (χ0v) is 26.0. The Morgan fingerprint density at radius 3 is 2.53 bits per heavy atom. The smallest absolute Gasteiger partial charge is 0.307 e. The number of ether oxygens (including phenoxy) is 1. The number of carbonyl (C=O) groups is 3. The van der Waals surface area contributed by atoms with E-state index >= 15 is 0 Å². The van der Waals surface area contributed by atoms with Crippen LogP contribution in [0.4, 0.5) is 0 Å². The molecule has 1 aliphatic rings. The molecule has 10 nitrogen and oxygen atoms in total. The minimum absolute atomic E-state index is 0.0944. The van der Waals surface area contributed by atoms with Crippen LogP contribution in [0, 0.1) is 19.3 Å². The highest BCUT2D eigenvalue weighted by molar-refractivity contribution is 6.30. The fourth-order valence-electron chi connectivity index (χ4n) is 5.55. The van der Waals surface area contributed by atoms with Crippen molar-refractivity contribution in [3.63, 3.8) is 0 Å². The molecule has 43 heavy (non-hydrogen) atoms. The largest absolute Gasteiger partial charge is 0.451 e. The van der Waals surface area contributed by atoms with Gasteiger partial charge in [0, 0.05) is 29.2 Å². The molecule has 1 fully saturated rings. The van der Waals surface area contributed by atoms with E-state index in [2.05, 4.69) is 20.8 Å². The van der Waals surface area contributed by atoms with Crippen molar-refractivity contribution < 1.29 is 19.1 Å². The number of amides is 3. The summed E-state index contributed by atoms with van der Waals surface area (Å²) in [5.74, 6) is -0.359. The number of H-pyrrole nitrogens is 1. The number of likely N-dealkylation sites (tertiary alicyclic amines) is 1. The predicted molar refractivity (Wildman–Crippen MR) is 164 cm³/mol. The third-order valence-corrected chi connectivity index (χ3v) is 8.14. The third-order valence-electron chi connectivity index (χ3n) is 7.90. The standard InChI is InChI=1S/C32H38ClN5O5/c1-7-34-31(42)32(5,6)27-14-12-24(21-9-8-10-23(33)17-21)38(27)30(41)20(4)35-28(39)22-11-13-25(18(2)15-22)43-26-16-19(3)36-37-29(26)40/h8-11,13,15-17,20,24,27H,7,12,14H2,1-6H3,(H,34,42)(H,35,39)(H,37,40)/t20-,24+,27-/m1/s1. The lowest BCUT2D eigenvalue weighted by molar-refractivity contribution is -0.142. The van der Waals surface area contributed by atoms with Crippen LogP contribution in [0.3, 0.4) is 0 Å². The summed E-state index contributed by atoms with van der Waals surface area (Å²) in [5.41, 5.74) is 1.09. The van der Waals surface area contributed by atoms with Crippen LogP contribution < -0.4 is 20.9 Å². The number of benzene rings is 2. The first-order valence-electron chi connectivity index (χ1n) is 14.3. The number of carbonyl (C=O) groups excluding carboxylic acids is 3. The maximum atomic E-state index is 14.1. The van der Waals surface area contributed by atoms with Crippen LogP contribution in [0.5, 0.6) is 11.5 Å². The minimum atomic E-state index is -0.880. The molecule has 1 saturated heterocycles. The summed E-state index contributed by atoms with van der Waals surface area (Å²) in [6.45, 7) is 11.2. The summed E-state index contributed by atoms with van der Waals surface area (Å²) < 4.78 is 5.77. The molecule has 0 aliphatic carbocycles. The first-order valence-corrected chi connectivity index (χ1v) is 14.7. The molecule has 1 aliphatic heterocycles. The van der Waals surface area contributed by atoms with E-state index in [4.69, 9.17) is 16.3 Å². The van der Waals surface area contributed by atoms with Gasteiger partial charge < -0.3 is 20.3 Å². The molecule has 2 aromatic carbocycles. The normalized spacial score (nSPS) is 17.3. The van der Waals surface area contributed by atoms with Gasteiger partial charge in [0.05, 0.1) is 17.2 Å². The summed E-state index contributed by atoms with van der Waals surface area (Å²) >= 11 is 6.30. The number of rotatable bonds is 9. The van der Waals surface area contributed by atoms with Crippen molar-refractivity contribution >= 4 is 29.3 Å². The van der Waals surface area contributed by atoms with Crippen molar-refractivity contribution in [2.45, 2.75) is 72.5 Å². The minimum Gasteiger partial charge on any atom is -0.451 e. The van der Waals surface area contributed by atoms with Crippen LogP contribution >= 0.6 is 11.6 Å². The van der Waals surface area contributed by atoms with E-state index in [1.165, 1.54) is 6.07 Å². The van der Waals surface area contributed by atoms with Gasteiger partial charge in [-0.1, -0.05) is 23.7 Å². The third kappa shape index (κ3) is 6.91. The molecule has 1 aromatic heterocycles. The van der Waals surface area contributed by atoms with Crippen LogP contribution in [0.15, 0.2) is 53.3 Å². The molecular formula is C32H38ClN5O5. The first kappa shape index (κ1) is 31.7. The van der Waals surface area contributed by atoms with Gasteiger partial charge in [-0.15, -0.1) is 0 Å². The molecule has 2 heterocycles. The average molecular weight is 608 g/mol. The summed E-state index contributed by atoms with van der Waals surface area (Å²) in [4.78, 5) is 54.3. The van der Waals surface area contributed by atoms with Crippen LogP contribution in [-0.4, -0.2) is 51.4 Å². The lowest BCUT2D eigenvalue weighted by Crippen LogP contribution is -2.56. The highest BCUT2D eigenvalue weighted by atomic mass is 35.5. The lowest BCUT2D eigenvalue weighted by atomic mass is 9.81. The van der Waals surface area contributed by atoms with Crippen LogP contribution in [0.2, 0.25) is 5.02 Å². The van der Waals surface area contributed by atoms with E-state index in [1.807, 2.05) is 39.0 Å². The maximum absolute atomic E-state index is 14.1. The number of aromatic nitrogens is 2. The first-order chi connectivity index (χ1) is 20.3. The molecule has 0 radical (unpaired) electrons. The van der Waals surface area contributed by atoms with Crippen molar-refractivity contribution in [2.24, 2.45) is 5.41 Å². The Labute approximate surface area is 256 Å². The molecular weight excluding hydrogens is 570 g/mol. The number of halogens is 1. The van der Waals surface area contributed by atoms with Crippen LogP contribution in [0.25, 0.3) is 0 Å². The number of nitrogens with zero attached hydrogens (tertiary/aromatic N) is 2. The molecule has 3 amide bonds. The second-order valence-corrected chi connectivity index (χ2v) is 11.9. The fraction of sp³-hybridized carbons (Fsp3) is 0.406. The number of aromatic amines is 1. The Hall–Kier alpha value is -4.18. The molecule has 3 atom stereocenters. The molecule has 0 bridgehead atoms. The fourth-order valence-corrected chi connectivity index (χ4v) is 5.75. The van der Waals surface area contributed by atoms with Gasteiger partial charge in [0.2, 0.25) is 11.8 Å². The van der Waals surface area contributed by atoms with E-state index < -0.39 is 29.0 Å². The lowest BCUT2D eigenvalue weighted by Gasteiger charge is -2.40. The molecule has 3 N–H and O–H groups in total. The highest BCUT2D eigenvalue weighted by Crippen LogP contribution is 2.44. The van der Waals surface area contributed by atoms with E-state index in [0.29, 0.717) is 47.0 Å². The van der Waals surface area contributed by atoms with Crippen molar-refractivity contribution in [3.8, 4) is 11.5 Å². The zero-order valence-electron chi connectivity index (χ0n) is 25.3. The molecule has 3 aromatic rings. The van der Waals surface area contributed by atoms with E-state index in [-0.39, 0.29) is 23.6 Å². The Bertz CT molecular complexity index is 1590. The van der Waals surface area contributed by atoms with Crippen LogP contribution in [0.1, 0.15) is 73.8 Å². The van der Waals surface area contributed by atoms with Gasteiger partial charge in [0.1, 0.15) is 11.8 Å². The SMILES string of the molecule is CCNC(=O)C(C)(C)[C@H]1CC[C@@H](c2cccc(Cl)c2)N1C(=O)[C@@H](C)NC(=O)c1ccc(Oc2cc(C)n[nH]c2=O)c(C)c1. The highest BCUT2D eigenvalue weighted by Gasteiger charge is 2.49. The molecule has 11 heteroatoms. The van der Waals surface area contributed by atoms with Gasteiger partial charge >= 0.3 is 5.56 Å². The summed E-state index contributed by atoms with van der Waals surface area (Å²) in [6, 6.07) is 12.1. The monoisotopic (exact) mass is 607 g/mol. The summed E-state index contributed by atoms with van der Waals surface area (Å²) in [6.07, 6.45) is 1.27. The second kappa shape index (κ2) is 13.0. The Balaban J connectivity index is 1.56. The van der Waals surface area contributed by atoms with Gasteiger partial charge in [0.25, 0.3) is 5.91 Å². The molecule has 228 valence electrons. The molecule has 0 saturated carbocycles. The Morgan fingerprint density at radius 2 is 1.86 bits per heavy atom. The Kier molecular flexibility index (Phi) is 9.59. The Morgan fingerprint density at radius 1 is 1.12 bits per heavy atom. The van der Waals surface area contributed by atoms with Crippen molar-refractivity contribution in [2.75, 3.05) is 6.54 Å². The topological polar surface area (TPSA) is 133 Å². The second-order valence-electron chi connectivity index (χ2n) is 11.5. The van der Waals surface area contributed by atoms with Gasteiger partial charge in [-0.25, -0.2) is 5.10 Å². The van der Waals surface area contributed by atoms with Gasteiger partial charge in [-0.2, -0.15) is 5.10 Å². The van der Waals surface area contributed by atoms with Crippen molar-refractivity contribution in [1.82, 2.24) is 25.7 Å². The van der Waals surface area contributed by atoms with Gasteiger partial charge in [-0.3, -0.25) is 19.2 Å². The van der Waals surface area contributed by atoms with Crippen molar-refractivity contribution in [1.29, 1.82) is 0 Å². The van der Waals surface area contributed by atoms with E-state index in [9.17, 15) is 19.2 Å². The zero-order chi connectivity index (χ0) is 31.5. The molecule has 0 spiro atoms. The van der Waals surface area contributed by atoms with Crippen LogP contribution in [-0.2, 0) is 9.59 Å². The predicted octanol–water partition coefficient (Wildman–Crippen LogP) is 4.85. The molecule has 0 unspecified atom stereocenters. The number of hydrogen-bond donors (Lipinski definition) is 3. The average Bonchev–Trinajstić information content (AvgIpc) is 3.42. The quantitative estimate of drug-likeness (QED) is 0.319. The van der Waals surface area contributed by atoms with E-state index in [0.717, 1.165) is 5.56 Å². The number of hydrogen-bond acceptors (Lipinski definition) is 6. The summed E-state index contributed by atoms with van der Waals surface area (Å²) in [5, 5.41) is 12.5. The summed E-state index contributed by atoms with van der Waals surface area (Å²) in [7, 11) is 0. The van der Waals surface area contributed by atoms with Gasteiger partial charge in [-0.05, 0) is 95.8 Å². The van der Waals surface area contributed by atoms with Gasteiger partial charge in [0.15, 0.2) is 5.75 Å². The molecule has 4 rings (SSSR count).